The molecule has 0 spiro atoms. The summed E-state index contributed by atoms with van der Waals surface area (Å²) in [5.41, 5.74) is 5.79. The van der Waals surface area contributed by atoms with Gasteiger partial charge in [-0.2, -0.15) is 0 Å². The van der Waals surface area contributed by atoms with Crippen molar-refractivity contribution in [3.63, 3.8) is 0 Å². The summed E-state index contributed by atoms with van der Waals surface area (Å²) in [7, 11) is 0. The van der Waals surface area contributed by atoms with Gasteiger partial charge >= 0.3 is 0 Å². The lowest BCUT2D eigenvalue weighted by Gasteiger charge is -2.33. The quantitative estimate of drug-likeness (QED) is 0.842. The van der Waals surface area contributed by atoms with Crippen LogP contribution in [0.15, 0.2) is 0 Å². The number of rotatable bonds is 3. The van der Waals surface area contributed by atoms with Crippen molar-refractivity contribution in [1.29, 1.82) is 0 Å². The second kappa shape index (κ2) is 7.13. The van der Waals surface area contributed by atoms with Gasteiger partial charge in [-0.15, -0.1) is 12.4 Å². The fraction of sp³-hybridized carbons (Fsp3) is 0.938. The van der Waals surface area contributed by atoms with E-state index in [-0.39, 0.29) is 18.3 Å². The molecule has 0 aliphatic heterocycles. The van der Waals surface area contributed by atoms with Gasteiger partial charge < -0.3 is 11.1 Å². The van der Waals surface area contributed by atoms with Crippen molar-refractivity contribution in [2.24, 2.45) is 29.4 Å². The Bertz CT molecular complexity index is 336. The minimum Gasteiger partial charge on any atom is -0.353 e. The zero-order chi connectivity index (χ0) is 13.2. The van der Waals surface area contributed by atoms with Crippen LogP contribution in [0.5, 0.6) is 0 Å². The summed E-state index contributed by atoms with van der Waals surface area (Å²) in [6.07, 6.45) is 11.4. The number of amides is 1. The van der Waals surface area contributed by atoms with Crippen molar-refractivity contribution >= 4 is 18.3 Å². The molecule has 116 valence electrons. The molecule has 3 aliphatic rings. The molecule has 0 saturated heterocycles. The predicted octanol–water partition coefficient (Wildman–Crippen LogP) is 2.87. The number of carbonyl (C=O) groups is 1. The Morgan fingerprint density at radius 3 is 2.55 bits per heavy atom. The molecule has 3 rings (SSSR count). The van der Waals surface area contributed by atoms with Crippen molar-refractivity contribution in [3.05, 3.63) is 0 Å². The van der Waals surface area contributed by atoms with Crippen molar-refractivity contribution in [2.75, 3.05) is 6.54 Å². The van der Waals surface area contributed by atoms with E-state index in [1.165, 1.54) is 44.9 Å². The summed E-state index contributed by atoms with van der Waals surface area (Å²) in [5.74, 6) is 2.80. The van der Waals surface area contributed by atoms with E-state index in [1.807, 2.05) is 0 Å². The maximum Gasteiger partial charge on any atom is 0.223 e. The van der Waals surface area contributed by atoms with E-state index < -0.39 is 0 Å². The highest BCUT2D eigenvalue weighted by Gasteiger charge is 2.37. The third-order valence-electron chi connectivity index (χ3n) is 5.93. The lowest BCUT2D eigenvalue weighted by Crippen LogP contribution is -2.44. The van der Waals surface area contributed by atoms with Crippen molar-refractivity contribution in [1.82, 2.24) is 5.32 Å². The van der Waals surface area contributed by atoms with Crippen molar-refractivity contribution in [3.8, 4) is 0 Å². The summed E-state index contributed by atoms with van der Waals surface area (Å²) < 4.78 is 0. The van der Waals surface area contributed by atoms with Gasteiger partial charge in [0.15, 0.2) is 0 Å². The fourth-order valence-corrected chi connectivity index (χ4v) is 4.81. The Labute approximate surface area is 128 Å². The van der Waals surface area contributed by atoms with Crippen LogP contribution in [0.1, 0.15) is 57.8 Å². The zero-order valence-corrected chi connectivity index (χ0v) is 13.2. The first-order chi connectivity index (χ1) is 9.28. The second-order valence-electron chi connectivity index (χ2n) is 7.00. The van der Waals surface area contributed by atoms with Crippen LogP contribution in [0.3, 0.4) is 0 Å². The van der Waals surface area contributed by atoms with E-state index in [4.69, 9.17) is 5.73 Å². The van der Waals surface area contributed by atoms with Crippen LogP contribution in [0.2, 0.25) is 0 Å². The summed E-state index contributed by atoms with van der Waals surface area (Å²) >= 11 is 0. The Hall–Kier alpha value is -0.280. The maximum atomic E-state index is 12.4. The molecule has 0 bridgehead atoms. The molecule has 0 heterocycles. The molecular formula is C16H29ClN2O. The Morgan fingerprint density at radius 2 is 1.75 bits per heavy atom. The van der Waals surface area contributed by atoms with Crippen LogP contribution in [-0.2, 0) is 4.79 Å². The molecule has 20 heavy (non-hydrogen) atoms. The Kier molecular flexibility index (Phi) is 5.74. The smallest absolute Gasteiger partial charge is 0.223 e. The average Bonchev–Trinajstić information content (AvgIpc) is 3.06. The standard InChI is InChI=1S/C16H28N2O.ClH/c17-10-13-5-2-6-15(13)16(19)18-14-8-7-11-3-1-4-12(11)9-14;/h11-15H,1-10,17H2,(H,18,19);1H/t11?,12?,13-,14?,15-;/m1./s1. The normalized spacial score (nSPS) is 40.0. The minimum atomic E-state index is 0. The van der Waals surface area contributed by atoms with Gasteiger partial charge in [-0.05, 0) is 56.4 Å². The third kappa shape index (κ3) is 3.30. The Balaban J connectivity index is 0.00000147. The van der Waals surface area contributed by atoms with Crippen molar-refractivity contribution in [2.45, 2.75) is 63.8 Å². The molecular weight excluding hydrogens is 272 g/mol. The molecule has 0 radical (unpaired) electrons. The highest BCUT2D eigenvalue weighted by molar-refractivity contribution is 5.85. The number of halogens is 1. The number of nitrogens with two attached hydrogens (primary N) is 1. The van der Waals surface area contributed by atoms with Gasteiger partial charge in [-0.25, -0.2) is 0 Å². The van der Waals surface area contributed by atoms with Crippen LogP contribution in [0, 0.1) is 23.7 Å². The van der Waals surface area contributed by atoms with E-state index in [1.54, 1.807) is 0 Å². The molecule has 0 aromatic rings. The lowest BCUT2D eigenvalue weighted by atomic mass is 9.79. The highest BCUT2D eigenvalue weighted by atomic mass is 35.5. The summed E-state index contributed by atoms with van der Waals surface area (Å²) in [4.78, 5) is 12.4. The highest BCUT2D eigenvalue weighted by Crippen LogP contribution is 2.42. The number of carbonyl (C=O) groups excluding carboxylic acids is 1. The molecule has 0 aromatic heterocycles. The van der Waals surface area contributed by atoms with Crippen molar-refractivity contribution < 1.29 is 4.79 Å². The first-order valence-corrected chi connectivity index (χ1v) is 8.28. The summed E-state index contributed by atoms with van der Waals surface area (Å²) in [6, 6.07) is 0.450. The van der Waals surface area contributed by atoms with E-state index in [9.17, 15) is 4.79 Å². The number of nitrogens with one attached hydrogen (secondary N) is 1. The Morgan fingerprint density at radius 1 is 1.00 bits per heavy atom. The second-order valence-corrected chi connectivity index (χ2v) is 7.00. The number of fused-ring (bicyclic) bond motifs is 1. The van der Waals surface area contributed by atoms with Gasteiger partial charge in [0.2, 0.25) is 5.91 Å². The fourth-order valence-electron chi connectivity index (χ4n) is 4.81. The van der Waals surface area contributed by atoms with E-state index >= 15 is 0 Å². The molecule has 4 heteroatoms. The van der Waals surface area contributed by atoms with Crippen LogP contribution in [-0.4, -0.2) is 18.5 Å². The molecule has 0 aromatic carbocycles. The van der Waals surface area contributed by atoms with E-state index in [0.717, 1.165) is 24.7 Å². The van der Waals surface area contributed by atoms with E-state index in [0.29, 0.717) is 24.4 Å². The first-order valence-electron chi connectivity index (χ1n) is 8.28. The SMILES string of the molecule is Cl.NC[C@H]1CCC[C@H]1C(=O)NC1CCC2CCCC2C1. The van der Waals surface area contributed by atoms with Crippen LogP contribution < -0.4 is 11.1 Å². The molecule has 3 nitrogen and oxygen atoms in total. The molecule has 3 unspecified atom stereocenters. The lowest BCUT2D eigenvalue weighted by molar-refractivity contribution is -0.127. The van der Waals surface area contributed by atoms with Gasteiger partial charge in [0, 0.05) is 12.0 Å². The number of hydrogen-bond acceptors (Lipinski definition) is 2. The maximum absolute atomic E-state index is 12.4. The zero-order valence-electron chi connectivity index (χ0n) is 12.4. The van der Waals surface area contributed by atoms with Gasteiger partial charge in [0.1, 0.15) is 0 Å². The van der Waals surface area contributed by atoms with Crippen LogP contribution >= 0.6 is 12.4 Å². The molecule has 3 N–H and O–H groups in total. The minimum absolute atomic E-state index is 0. The van der Waals surface area contributed by atoms with Gasteiger partial charge in [-0.3, -0.25) is 4.79 Å². The van der Waals surface area contributed by atoms with Gasteiger partial charge in [-0.1, -0.05) is 25.7 Å². The molecule has 3 aliphatic carbocycles. The first kappa shape index (κ1) is 16.1. The van der Waals surface area contributed by atoms with Crippen LogP contribution in [0.25, 0.3) is 0 Å². The van der Waals surface area contributed by atoms with Gasteiger partial charge in [0.05, 0.1) is 0 Å². The molecule has 1 amide bonds. The van der Waals surface area contributed by atoms with Crippen LogP contribution in [0.4, 0.5) is 0 Å². The molecule has 3 saturated carbocycles. The summed E-state index contributed by atoms with van der Waals surface area (Å²) in [5, 5.41) is 3.34. The molecule has 3 fully saturated rings. The average molecular weight is 301 g/mol. The third-order valence-corrected chi connectivity index (χ3v) is 5.93. The molecule has 5 atom stereocenters. The van der Waals surface area contributed by atoms with Gasteiger partial charge in [0.25, 0.3) is 0 Å². The largest absolute Gasteiger partial charge is 0.353 e. The monoisotopic (exact) mass is 300 g/mol. The number of hydrogen-bond donors (Lipinski definition) is 2. The summed E-state index contributed by atoms with van der Waals surface area (Å²) in [6.45, 7) is 0.674. The van der Waals surface area contributed by atoms with E-state index in [2.05, 4.69) is 5.32 Å². The predicted molar refractivity (Wildman–Crippen MR) is 83.7 cm³/mol. The topological polar surface area (TPSA) is 55.1 Å².